The van der Waals surface area contributed by atoms with Crippen LogP contribution in [0, 0.1) is 17.8 Å². The molecule has 0 rings (SSSR count). The molecule has 0 fully saturated rings. The van der Waals surface area contributed by atoms with Crippen LogP contribution in [-0.4, -0.2) is 25.2 Å². The van der Waals surface area contributed by atoms with Gasteiger partial charge in [0.1, 0.15) is 0 Å². The van der Waals surface area contributed by atoms with Crippen molar-refractivity contribution in [3.8, 4) is 0 Å². The van der Waals surface area contributed by atoms with Crippen LogP contribution in [0.1, 0.15) is 144 Å². The Balaban J connectivity index is 3.65. The summed E-state index contributed by atoms with van der Waals surface area (Å²) in [6.45, 7) is 12.2. The number of ether oxygens (including phenoxy) is 2. The maximum Gasteiger partial charge on any atom is 0.305 e. The standard InChI is InChI=1S/C29H56O4/c1-6-10-18-26(8-3)23-32-28(30)20-16-14-12-13-15-17-25(5)21-22-29(31)33-24-27(9-4)19-11-7-2/h25-27H,6-24H2,1-5H3. The quantitative estimate of drug-likeness (QED) is 0.111. The van der Waals surface area contributed by atoms with E-state index in [1.165, 1.54) is 51.4 Å². The van der Waals surface area contributed by atoms with Gasteiger partial charge in [-0.15, -0.1) is 0 Å². The SMILES string of the molecule is CCCCC(CC)COC(=O)CCCCCCCC(C)CCC(=O)OCC(CC)CCCC. The highest BCUT2D eigenvalue weighted by Gasteiger charge is 2.12. The first-order chi connectivity index (χ1) is 16.0. The van der Waals surface area contributed by atoms with E-state index in [1.54, 1.807) is 0 Å². The summed E-state index contributed by atoms with van der Waals surface area (Å²) in [6.07, 6.45) is 18.1. The lowest BCUT2D eigenvalue weighted by atomic mass is 9.97. The molecule has 4 heteroatoms. The van der Waals surface area contributed by atoms with Gasteiger partial charge in [0, 0.05) is 12.8 Å². The minimum Gasteiger partial charge on any atom is -0.465 e. The molecule has 0 aromatic carbocycles. The van der Waals surface area contributed by atoms with Gasteiger partial charge in [-0.1, -0.05) is 105 Å². The minimum absolute atomic E-state index is 0.0268. The molecule has 0 aromatic heterocycles. The number of esters is 2. The Hall–Kier alpha value is -1.06. The van der Waals surface area contributed by atoms with E-state index in [1.807, 2.05) is 0 Å². The molecule has 3 atom stereocenters. The van der Waals surface area contributed by atoms with Crippen LogP contribution in [0.5, 0.6) is 0 Å². The van der Waals surface area contributed by atoms with Crippen LogP contribution in [0.2, 0.25) is 0 Å². The summed E-state index contributed by atoms with van der Waals surface area (Å²) in [5.74, 6) is 1.55. The summed E-state index contributed by atoms with van der Waals surface area (Å²) in [6, 6.07) is 0. The lowest BCUT2D eigenvalue weighted by Gasteiger charge is -2.15. The molecular weight excluding hydrogens is 412 g/mol. The van der Waals surface area contributed by atoms with E-state index in [4.69, 9.17) is 9.47 Å². The Kier molecular flexibility index (Phi) is 22.0. The minimum atomic E-state index is -0.0284. The van der Waals surface area contributed by atoms with Gasteiger partial charge in [0.05, 0.1) is 13.2 Å². The smallest absolute Gasteiger partial charge is 0.305 e. The molecule has 3 unspecified atom stereocenters. The first-order valence-corrected chi connectivity index (χ1v) is 14.3. The van der Waals surface area contributed by atoms with Gasteiger partial charge in [-0.05, 0) is 43.4 Å². The summed E-state index contributed by atoms with van der Waals surface area (Å²) in [5, 5.41) is 0. The molecule has 0 amide bonds. The lowest BCUT2D eigenvalue weighted by molar-refractivity contribution is -0.146. The molecule has 196 valence electrons. The fourth-order valence-electron chi connectivity index (χ4n) is 4.16. The molecule has 0 saturated carbocycles. The molecular formula is C29H56O4. The van der Waals surface area contributed by atoms with Crippen molar-refractivity contribution >= 4 is 11.9 Å². The molecule has 0 aliphatic carbocycles. The number of unbranched alkanes of at least 4 members (excludes halogenated alkanes) is 6. The molecule has 0 bridgehead atoms. The monoisotopic (exact) mass is 468 g/mol. The second-order valence-electron chi connectivity index (χ2n) is 10.1. The van der Waals surface area contributed by atoms with Crippen LogP contribution in [0.15, 0.2) is 0 Å². The Morgan fingerprint density at radius 3 is 1.58 bits per heavy atom. The molecule has 4 nitrogen and oxygen atoms in total. The third-order valence-corrected chi connectivity index (χ3v) is 6.97. The Labute approximate surface area is 206 Å². The fourth-order valence-corrected chi connectivity index (χ4v) is 4.16. The van der Waals surface area contributed by atoms with Gasteiger partial charge >= 0.3 is 11.9 Å². The molecule has 0 radical (unpaired) electrons. The normalized spacial score (nSPS) is 14.0. The highest BCUT2D eigenvalue weighted by molar-refractivity contribution is 5.69. The number of carbonyl (C=O) groups excluding carboxylic acids is 2. The Morgan fingerprint density at radius 2 is 1.06 bits per heavy atom. The van der Waals surface area contributed by atoms with Crippen LogP contribution in [0.3, 0.4) is 0 Å². The van der Waals surface area contributed by atoms with Gasteiger partial charge in [-0.25, -0.2) is 0 Å². The van der Waals surface area contributed by atoms with E-state index in [0.29, 0.717) is 43.8 Å². The third kappa shape index (κ3) is 20.1. The van der Waals surface area contributed by atoms with Crippen molar-refractivity contribution in [2.24, 2.45) is 17.8 Å². The second-order valence-corrected chi connectivity index (χ2v) is 10.1. The summed E-state index contributed by atoms with van der Waals surface area (Å²) in [5.41, 5.74) is 0. The van der Waals surface area contributed by atoms with Gasteiger partial charge in [0.25, 0.3) is 0 Å². The zero-order valence-electron chi connectivity index (χ0n) is 22.8. The molecule has 0 saturated heterocycles. The third-order valence-electron chi connectivity index (χ3n) is 6.97. The zero-order chi connectivity index (χ0) is 24.7. The maximum atomic E-state index is 12.0. The van der Waals surface area contributed by atoms with Crippen molar-refractivity contribution in [2.75, 3.05) is 13.2 Å². The second kappa shape index (κ2) is 22.7. The van der Waals surface area contributed by atoms with E-state index in [0.717, 1.165) is 44.9 Å². The van der Waals surface area contributed by atoms with Gasteiger partial charge < -0.3 is 9.47 Å². The average molecular weight is 469 g/mol. The Bertz CT molecular complexity index is 463. The van der Waals surface area contributed by atoms with Crippen LogP contribution < -0.4 is 0 Å². The largest absolute Gasteiger partial charge is 0.465 e. The molecule has 0 aromatic rings. The van der Waals surface area contributed by atoms with Gasteiger partial charge in [0.2, 0.25) is 0 Å². The highest BCUT2D eigenvalue weighted by Crippen LogP contribution is 2.18. The average Bonchev–Trinajstić information content (AvgIpc) is 2.82. The molecule has 0 heterocycles. The topological polar surface area (TPSA) is 52.6 Å². The van der Waals surface area contributed by atoms with Gasteiger partial charge in [-0.3, -0.25) is 9.59 Å². The first kappa shape index (κ1) is 31.9. The molecule has 0 spiro atoms. The van der Waals surface area contributed by atoms with Gasteiger partial charge in [0.15, 0.2) is 0 Å². The summed E-state index contributed by atoms with van der Waals surface area (Å²) in [7, 11) is 0. The number of rotatable bonds is 23. The fraction of sp³-hybridized carbons (Fsp3) is 0.931. The van der Waals surface area contributed by atoms with Crippen molar-refractivity contribution in [2.45, 2.75) is 144 Å². The van der Waals surface area contributed by atoms with E-state index in [2.05, 4.69) is 34.6 Å². The first-order valence-electron chi connectivity index (χ1n) is 14.3. The highest BCUT2D eigenvalue weighted by atomic mass is 16.5. The molecule has 0 N–H and O–H groups in total. The van der Waals surface area contributed by atoms with Gasteiger partial charge in [-0.2, -0.15) is 0 Å². The number of carbonyl (C=O) groups is 2. The summed E-state index contributed by atoms with van der Waals surface area (Å²) in [4.78, 5) is 24.0. The van der Waals surface area contributed by atoms with Crippen molar-refractivity contribution in [1.29, 1.82) is 0 Å². The van der Waals surface area contributed by atoms with Crippen molar-refractivity contribution < 1.29 is 19.1 Å². The zero-order valence-corrected chi connectivity index (χ0v) is 22.8. The van der Waals surface area contributed by atoms with E-state index in [9.17, 15) is 9.59 Å². The Morgan fingerprint density at radius 1 is 0.576 bits per heavy atom. The van der Waals surface area contributed by atoms with Crippen molar-refractivity contribution in [1.82, 2.24) is 0 Å². The van der Waals surface area contributed by atoms with Crippen molar-refractivity contribution in [3.05, 3.63) is 0 Å². The summed E-state index contributed by atoms with van der Waals surface area (Å²) < 4.78 is 11.0. The predicted molar refractivity (Wildman–Crippen MR) is 139 cm³/mol. The van der Waals surface area contributed by atoms with Crippen LogP contribution >= 0.6 is 0 Å². The van der Waals surface area contributed by atoms with E-state index < -0.39 is 0 Å². The van der Waals surface area contributed by atoms with Crippen LogP contribution in [-0.2, 0) is 19.1 Å². The number of hydrogen-bond donors (Lipinski definition) is 0. The lowest BCUT2D eigenvalue weighted by Crippen LogP contribution is -2.14. The van der Waals surface area contributed by atoms with E-state index >= 15 is 0 Å². The van der Waals surface area contributed by atoms with Crippen LogP contribution in [0.25, 0.3) is 0 Å². The predicted octanol–water partition coefficient (Wildman–Crippen LogP) is 8.65. The molecule has 0 aliphatic rings. The number of hydrogen-bond acceptors (Lipinski definition) is 4. The van der Waals surface area contributed by atoms with E-state index in [-0.39, 0.29) is 11.9 Å². The molecule has 33 heavy (non-hydrogen) atoms. The summed E-state index contributed by atoms with van der Waals surface area (Å²) >= 11 is 0. The van der Waals surface area contributed by atoms with Crippen molar-refractivity contribution in [3.63, 3.8) is 0 Å². The maximum absolute atomic E-state index is 12.0. The van der Waals surface area contributed by atoms with Crippen LogP contribution in [0.4, 0.5) is 0 Å². The molecule has 0 aliphatic heterocycles.